The minimum absolute atomic E-state index is 0. The molecule has 1 aromatic carbocycles. The molecular weight excluding hydrogens is 446 g/mol. The Morgan fingerprint density at radius 3 is 2.96 bits per heavy atom. The number of benzene rings is 1. The molecule has 1 aromatic rings. The van der Waals surface area contributed by atoms with E-state index in [4.69, 9.17) is 0 Å². The van der Waals surface area contributed by atoms with Crippen molar-refractivity contribution < 1.29 is 19.8 Å². The molecule has 0 bridgehead atoms. The summed E-state index contributed by atoms with van der Waals surface area (Å²) in [6.07, 6.45) is 1.52. The molecule has 0 aromatic heterocycles. The molecule has 0 radical (unpaired) electrons. The third kappa shape index (κ3) is 4.15. The van der Waals surface area contributed by atoms with Crippen molar-refractivity contribution in [3.05, 3.63) is 27.4 Å². The van der Waals surface area contributed by atoms with Gasteiger partial charge in [0.05, 0.1) is 5.92 Å². The van der Waals surface area contributed by atoms with Gasteiger partial charge in [-0.25, -0.2) is 0 Å². The molecule has 3 N–H and O–H groups in total. The molecule has 7 nitrogen and oxygen atoms in total. The van der Waals surface area contributed by atoms with Gasteiger partial charge in [-0.1, -0.05) is 15.9 Å². The van der Waals surface area contributed by atoms with Crippen molar-refractivity contribution in [2.45, 2.75) is 19.4 Å². The number of anilines is 1. The highest BCUT2D eigenvalue weighted by Gasteiger charge is 2.29. The second-order valence-corrected chi connectivity index (χ2v) is 6.96. The molecule has 2 unspecified atom stereocenters. The highest BCUT2D eigenvalue weighted by molar-refractivity contribution is 9.10. The molecule has 24 heavy (non-hydrogen) atoms. The number of carbonyl (C=O) groups is 2. The number of nitrogens with one attached hydrogen (secondary N) is 2. The summed E-state index contributed by atoms with van der Waals surface area (Å²) in [5.74, 6) is -1.42. The maximum absolute atomic E-state index is 12.3. The molecule has 2 heterocycles. The van der Waals surface area contributed by atoms with Gasteiger partial charge in [0.15, 0.2) is 12.2 Å². The Hall–Kier alpha value is -1.00. The Morgan fingerprint density at radius 1 is 1.50 bits per heavy atom. The Bertz CT molecular complexity index is 656. The molecule has 1 saturated heterocycles. The molecule has 3 rings (SSSR count). The van der Waals surface area contributed by atoms with Crippen LogP contribution in [-0.2, 0) is 16.1 Å². The van der Waals surface area contributed by atoms with Crippen molar-refractivity contribution in [2.24, 2.45) is 5.92 Å². The number of hydrogen-bond acceptors (Lipinski definition) is 4. The van der Waals surface area contributed by atoms with Crippen molar-refractivity contribution in [1.29, 1.82) is 0 Å². The number of amides is 1. The number of fused-ring (bicyclic) bond motifs is 1. The van der Waals surface area contributed by atoms with E-state index in [2.05, 4.69) is 26.1 Å². The van der Waals surface area contributed by atoms with Crippen molar-refractivity contribution in [3.63, 3.8) is 0 Å². The number of carbonyl (C=O) groups excluding carboxylic acids is 1. The quantitative estimate of drug-likeness (QED) is 0.585. The molecule has 0 spiro atoms. The number of carboxylic acid groups (broad SMARTS) is 1. The van der Waals surface area contributed by atoms with Crippen molar-refractivity contribution in [3.8, 4) is 0 Å². The summed E-state index contributed by atoms with van der Waals surface area (Å²) in [4.78, 5) is 24.8. The predicted octanol–water partition coefficient (Wildman–Crippen LogP) is 1.29. The molecule has 2 aliphatic heterocycles. The summed E-state index contributed by atoms with van der Waals surface area (Å²) in [5, 5.41) is 24.0. The van der Waals surface area contributed by atoms with E-state index >= 15 is 0 Å². The number of nitrogens with zero attached hydrogens (tertiary/aromatic N) is 1. The fraction of sp³-hybridized carbons (Fsp3) is 0.467. The van der Waals surface area contributed by atoms with Gasteiger partial charge in [0, 0.05) is 23.1 Å². The second-order valence-electron chi connectivity index (χ2n) is 6.05. The van der Waals surface area contributed by atoms with Gasteiger partial charge >= 0.3 is 5.97 Å². The largest absolute Gasteiger partial charge is 0.628 e. The highest BCUT2D eigenvalue weighted by Crippen LogP contribution is 2.31. The molecule has 1 fully saturated rings. The fourth-order valence-corrected chi connectivity index (χ4v) is 3.79. The van der Waals surface area contributed by atoms with Crippen LogP contribution in [0.15, 0.2) is 16.6 Å². The number of carboxylic acids is 1. The minimum atomic E-state index is -0.769. The molecule has 132 valence electrons. The number of hydroxylamine groups is 1. The van der Waals surface area contributed by atoms with Crippen LogP contribution >= 0.6 is 32.9 Å². The average molecular weight is 465 g/mol. The van der Waals surface area contributed by atoms with E-state index in [0.29, 0.717) is 30.9 Å². The Balaban J connectivity index is 0.00000208. The number of aliphatic carboxylic acids is 1. The average Bonchev–Trinajstić information content (AvgIpc) is 2.46. The van der Waals surface area contributed by atoms with Gasteiger partial charge in [0.1, 0.15) is 5.69 Å². The van der Waals surface area contributed by atoms with Crippen LogP contribution in [0.5, 0.6) is 0 Å². The molecule has 0 aliphatic carbocycles. The highest BCUT2D eigenvalue weighted by atomic mass is 79.9. The smallest absolute Gasteiger partial charge is 0.307 e. The van der Waals surface area contributed by atoms with E-state index < -0.39 is 5.97 Å². The first kappa shape index (κ1) is 19.3. The maximum Gasteiger partial charge on any atom is 0.307 e. The molecule has 1 amide bonds. The minimum Gasteiger partial charge on any atom is -0.628 e. The first-order valence-electron chi connectivity index (χ1n) is 7.54. The number of hydrogen-bond donors (Lipinski definition) is 3. The lowest BCUT2D eigenvalue weighted by Crippen LogP contribution is -3.04. The lowest BCUT2D eigenvalue weighted by molar-refractivity contribution is -0.767. The van der Waals surface area contributed by atoms with E-state index in [1.807, 2.05) is 6.07 Å². The monoisotopic (exact) mass is 463 g/mol. The van der Waals surface area contributed by atoms with Gasteiger partial charge in [-0.05, 0) is 31.5 Å². The second kappa shape index (κ2) is 7.92. The van der Waals surface area contributed by atoms with Crippen LogP contribution in [0.2, 0.25) is 0 Å². The summed E-state index contributed by atoms with van der Waals surface area (Å²) in [6, 6.07) is 3.60. The maximum atomic E-state index is 12.3. The zero-order chi connectivity index (χ0) is 16.6. The Labute approximate surface area is 158 Å². The molecule has 9 heteroatoms. The summed E-state index contributed by atoms with van der Waals surface area (Å²) >= 11 is 3.41. The number of halogens is 2. The predicted molar refractivity (Wildman–Crippen MR) is 97.6 cm³/mol. The number of piperidine rings is 1. The zero-order valence-corrected chi connectivity index (χ0v) is 16.2. The normalized spacial score (nSPS) is 23.8. The van der Waals surface area contributed by atoms with Crippen LogP contribution in [0.25, 0.3) is 0 Å². The summed E-state index contributed by atoms with van der Waals surface area (Å²) < 4.78 is 0.785. The van der Waals surface area contributed by atoms with E-state index in [1.165, 1.54) is 0 Å². The van der Waals surface area contributed by atoms with Crippen molar-refractivity contribution in [1.82, 2.24) is 4.90 Å². The van der Waals surface area contributed by atoms with Crippen molar-refractivity contribution in [2.75, 3.05) is 25.0 Å². The summed E-state index contributed by atoms with van der Waals surface area (Å²) in [7, 11) is 0. The molecule has 2 aliphatic rings. The Morgan fingerprint density at radius 2 is 2.25 bits per heavy atom. The Kier molecular flexibility index (Phi) is 6.38. The van der Waals surface area contributed by atoms with E-state index in [0.717, 1.165) is 23.0 Å². The third-order valence-electron chi connectivity index (χ3n) is 4.31. The van der Waals surface area contributed by atoms with Crippen molar-refractivity contribution >= 4 is 56.2 Å². The molecule has 2 atom stereocenters. The fourth-order valence-electron chi connectivity index (χ4n) is 3.29. The zero-order valence-electron chi connectivity index (χ0n) is 12.9. The topological polar surface area (TPSA) is 97.1 Å². The SMILES string of the molecule is Br.O=C1C[NH+]([O-])c2c(CN3CCCC(C(=O)O)C3)cc(Br)cc2N1. The van der Waals surface area contributed by atoms with Crippen LogP contribution in [0, 0.1) is 11.1 Å². The van der Waals surface area contributed by atoms with Crippen LogP contribution in [0.4, 0.5) is 11.4 Å². The molecular formula is C15H19Br2N3O4. The van der Waals surface area contributed by atoms with Gasteiger partial charge in [-0.2, -0.15) is 0 Å². The lowest BCUT2D eigenvalue weighted by Gasteiger charge is -2.34. The van der Waals surface area contributed by atoms with E-state index in [1.54, 1.807) is 6.07 Å². The van der Waals surface area contributed by atoms with Gasteiger partial charge in [-0.15, -0.1) is 17.0 Å². The number of rotatable bonds is 3. The number of quaternary nitrogens is 1. The van der Waals surface area contributed by atoms with Gasteiger partial charge in [-0.3, -0.25) is 14.5 Å². The van der Waals surface area contributed by atoms with Crippen LogP contribution in [0.3, 0.4) is 0 Å². The summed E-state index contributed by atoms with van der Waals surface area (Å²) in [6.45, 7) is 1.66. The van der Waals surface area contributed by atoms with E-state index in [9.17, 15) is 19.9 Å². The number of likely N-dealkylation sites (tertiary alicyclic amines) is 1. The molecule has 0 saturated carbocycles. The summed E-state index contributed by atoms with van der Waals surface area (Å²) in [5.41, 5.74) is 1.90. The standard InChI is InChI=1S/C15H18BrN3O4.BrH/c16-11-4-10(7-18-3-1-2-9(6-18)15(21)22)14-12(5-11)17-13(20)8-19(14)23;/h4-5,9,19H,1-3,6-8H2,(H,17,20)(H,21,22);1H. The lowest BCUT2D eigenvalue weighted by atomic mass is 9.97. The third-order valence-corrected chi connectivity index (χ3v) is 4.77. The van der Waals surface area contributed by atoms with Gasteiger partial charge in [0.2, 0.25) is 0 Å². The van der Waals surface area contributed by atoms with E-state index in [-0.39, 0.29) is 40.4 Å². The first-order chi connectivity index (χ1) is 10.9. The van der Waals surface area contributed by atoms with Crippen LogP contribution in [-0.4, -0.2) is 41.5 Å². The van der Waals surface area contributed by atoms with Crippen LogP contribution < -0.4 is 10.4 Å². The van der Waals surface area contributed by atoms with Gasteiger partial charge < -0.3 is 20.7 Å². The van der Waals surface area contributed by atoms with Gasteiger partial charge in [0.25, 0.3) is 5.91 Å². The first-order valence-corrected chi connectivity index (χ1v) is 8.34. The van der Waals surface area contributed by atoms with Crippen LogP contribution in [0.1, 0.15) is 18.4 Å².